The van der Waals surface area contributed by atoms with E-state index in [1.54, 1.807) is 6.20 Å². The molecule has 154 valence electrons. The van der Waals surface area contributed by atoms with Crippen LogP contribution in [0.3, 0.4) is 0 Å². The molecule has 5 aromatic rings. The number of aryl methyl sites for hydroxylation is 2. The van der Waals surface area contributed by atoms with E-state index in [0.717, 1.165) is 35.6 Å². The quantitative estimate of drug-likeness (QED) is 0.410. The van der Waals surface area contributed by atoms with Gasteiger partial charge in [0.1, 0.15) is 5.82 Å². The van der Waals surface area contributed by atoms with Gasteiger partial charge in [-0.25, -0.2) is 4.98 Å². The summed E-state index contributed by atoms with van der Waals surface area (Å²) < 4.78 is 4.38. The fraction of sp³-hybridized carbons (Fsp3) is 0.154. The van der Waals surface area contributed by atoms with Gasteiger partial charge in [-0.3, -0.25) is 4.79 Å². The number of imidazole rings is 1. The van der Waals surface area contributed by atoms with Crippen LogP contribution in [0.5, 0.6) is 0 Å². The molecule has 0 radical (unpaired) electrons. The zero-order valence-corrected chi connectivity index (χ0v) is 17.7. The lowest BCUT2D eigenvalue weighted by molar-refractivity contribution is 0.102. The number of rotatable bonds is 5. The van der Waals surface area contributed by atoms with Crippen LogP contribution in [0.2, 0.25) is 0 Å². The Morgan fingerprint density at radius 3 is 2.48 bits per heavy atom. The first-order valence-electron chi connectivity index (χ1n) is 10.5. The van der Waals surface area contributed by atoms with Crippen LogP contribution in [0.15, 0.2) is 79.1 Å². The van der Waals surface area contributed by atoms with Crippen molar-refractivity contribution in [2.45, 2.75) is 26.9 Å². The molecule has 0 aliphatic carbocycles. The van der Waals surface area contributed by atoms with Gasteiger partial charge in [-0.2, -0.15) is 0 Å². The molecular formula is C26H24N4O. The Hall–Kier alpha value is -3.86. The maximum absolute atomic E-state index is 12.8. The third kappa shape index (κ3) is 3.48. The molecule has 1 N–H and O–H groups in total. The van der Waals surface area contributed by atoms with Gasteiger partial charge in [-0.1, -0.05) is 30.3 Å². The van der Waals surface area contributed by atoms with Crippen molar-refractivity contribution in [2.75, 3.05) is 5.32 Å². The van der Waals surface area contributed by atoms with Crippen LogP contribution < -0.4 is 5.32 Å². The van der Waals surface area contributed by atoms with Gasteiger partial charge in [0.15, 0.2) is 0 Å². The Bertz CT molecular complexity index is 1390. The fourth-order valence-electron chi connectivity index (χ4n) is 4.20. The number of carbonyl (C=O) groups is 1. The number of aromatic nitrogens is 3. The summed E-state index contributed by atoms with van der Waals surface area (Å²) in [7, 11) is 0. The van der Waals surface area contributed by atoms with Gasteiger partial charge >= 0.3 is 0 Å². The molecule has 5 nitrogen and oxygen atoms in total. The number of benzene rings is 3. The number of carbonyl (C=O) groups excluding carboxylic acids is 1. The van der Waals surface area contributed by atoms with Crippen LogP contribution in [-0.2, 0) is 13.1 Å². The predicted molar refractivity (Wildman–Crippen MR) is 126 cm³/mol. The lowest BCUT2D eigenvalue weighted by Gasteiger charge is -2.09. The van der Waals surface area contributed by atoms with Gasteiger partial charge in [0.2, 0.25) is 0 Å². The fourth-order valence-corrected chi connectivity index (χ4v) is 4.20. The largest absolute Gasteiger partial charge is 0.341 e. The summed E-state index contributed by atoms with van der Waals surface area (Å²) in [6.45, 7) is 5.78. The topological polar surface area (TPSA) is 51.9 Å². The molecule has 31 heavy (non-hydrogen) atoms. The molecule has 0 aliphatic rings. The smallest absolute Gasteiger partial charge is 0.255 e. The molecule has 2 aromatic heterocycles. The third-order valence-corrected chi connectivity index (χ3v) is 5.84. The molecule has 5 heteroatoms. The van der Waals surface area contributed by atoms with E-state index in [9.17, 15) is 4.79 Å². The summed E-state index contributed by atoms with van der Waals surface area (Å²) in [4.78, 5) is 17.1. The SMILES string of the molecule is CCn1c2ccccc2c2cc(NC(=O)c3ccc(Cn4ccnc4C)cc3)ccc21. The standard InChI is InChI=1S/C26H24N4O/c1-3-30-24-7-5-4-6-22(24)23-16-21(12-13-25(23)30)28-26(31)20-10-8-19(9-11-20)17-29-15-14-27-18(29)2/h4-16H,3,17H2,1-2H3,(H,28,31). The molecular weight excluding hydrogens is 384 g/mol. The van der Waals surface area contributed by atoms with E-state index in [4.69, 9.17) is 0 Å². The van der Waals surface area contributed by atoms with E-state index in [2.05, 4.69) is 62.8 Å². The summed E-state index contributed by atoms with van der Waals surface area (Å²) in [6.07, 6.45) is 3.76. The number of nitrogens with zero attached hydrogens (tertiary/aromatic N) is 3. The normalized spacial score (nSPS) is 11.3. The van der Waals surface area contributed by atoms with Crippen LogP contribution in [0.25, 0.3) is 21.8 Å². The maximum Gasteiger partial charge on any atom is 0.255 e. The Morgan fingerprint density at radius 2 is 1.74 bits per heavy atom. The minimum atomic E-state index is -0.107. The van der Waals surface area contributed by atoms with Gasteiger partial charge in [0.05, 0.1) is 0 Å². The number of para-hydroxylation sites is 1. The highest BCUT2D eigenvalue weighted by atomic mass is 16.1. The molecule has 0 atom stereocenters. The highest BCUT2D eigenvalue weighted by Crippen LogP contribution is 2.31. The first kappa shape index (κ1) is 19.1. The second-order valence-corrected chi connectivity index (χ2v) is 7.75. The van der Waals surface area contributed by atoms with Crippen molar-refractivity contribution in [3.63, 3.8) is 0 Å². The lowest BCUT2D eigenvalue weighted by Crippen LogP contribution is -2.12. The molecule has 0 bridgehead atoms. The average molecular weight is 409 g/mol. The van der Waals surface area contributed by atoms with Gasteiger partial charge in [0.25, 0.3) is 5.91 Å². The molecule has 0 spiro atoms. The van der Waals surface area contributed by atoms with Crippen LogP contribution in [0.1, 0.15) is 28.7 Å². The minimum absolute atomic E-state index is 0.107. The number of hydrogen-bond donors (Lipinski definition) is 1. The van der Waals surface area contributed by atoms with Crippen molar-refractivity contribution in [3.05, 3.63) is 96.1 Å². The first-order valence-corrected chi connectivity index (χ1v) is 10.5. The van der Waals surface area contributed by atoms with E-state index in [-0.39, 0.29) is 5.91 Å². The molecule has 0 aliphatic heterocycles. The molecule has 3 aromatic carbocycles. The molecule has 1 amide bonds. The average Bonchev–Trinajstić information content (AvgIpc) is 3.34. The van der Waals surface area contributed by atoms with E-state index in [0.29, 0.717) is 5.56 Å². The summed E-state index contributed by atoms with van der Waals surface area (Å²) in [5.41, 5.74) is 4.97. The molecule has 2 heterocycles. The van der Waals surface area contributed by atoms with Crippen molar-refractivity contribution >= 4 is 33.4 Å². The molecule has 5 rings (SSSR count). The minimum Gasteiger partial charge on any atom is -0.341 e. The Labute approximate surface area is 181 Å². The summed E-state index contributed by atoms with van der Waals surface area (Å²) >= 11 is 0. The van der Waals surface area contributed by atoms with Crippen molar-refractivity contribution in [2.24, 2.45) is 0 Å². The molecule has 0 unspecified atom stereocenters. The highest BCUT2D eigenvalue weighted by Gasteiger charge is 2.12. The van der Waals surface area contributed by atoms with Gasteiger partial charge < -0.3 is 14.5 Å². The van der Waals surface area contributed by atoms with Crippen LogP contribution in [-0.4, -0.2) is 20.0 Å². The number of hydrogen-bond acceptors (Lipinski definition) is 2. The number of amides is 1. The van der Waals surface area contributed by atoms with Gasteiger partial charge in [0, 0.05) is 58.5 Å². The van der Waals surface area contributed by atoms with E-state index < -0.39 is 0 Å². The molecule has 0 saturated carbocycles. The Kier molecular flexibility index (Phi) is 4.79. The zero-order valence-electron chi connectivity index (χ0n) is 17.7. The third-order valence-electron chi connectivity index (χ3n) is 5.84. The summed E-state index contributed by atoms with van der Waals surface area (Å²) in [5.74, 6) is 0.866. The van der Waals surface area contributed by atoms with E-state index in [1.807, 2.05) is 43.5 Å². The Morgan fingerprint density at radius 1 is 0.968 bits per heavy atom. The number of anilines is 1. The highest BCUT2D eigenvalue weighted by molar-refractivity contribution is 6.11. The first-order chi connectivity index (χ1) is 15.1. The number of nitrogens with one attached hydrogen (secondary N) is 1. The second kappa shape index (κ2) is 7.76. The maximum atomic E-state index is 12.8. The lowest BCUT2D eigenvalue weighted by atomic mass is 10.1. The van der Waals surface area contributed by atoms with E-state index in [1.165, 1.54) is 16.4 Å². The molecule has 0 fully saturated rings. The Balaban J connectivity index is 1.39. The predicted octanol–water partition coefficient (Wildman–Crippen LogP) is 5.62. The summed E-state index contributed by atoms with van der Waals surface area (Å²) in [6, 6.07) is 22.3. The van der Waals surface area contributed by atoms with Crippen molar-refractivity contribution in [1.29, 1.82) is 0 Å². The second-order valence-electron chi connectivity index (χ2n) is 7.75. The van der Waals surface area contributed by atoms with Crippen molar-refractivity contribution in [3.8, 4) is 0 Å². The number of fused-ring (bicyclic) bond motifs is 3. The van der Waals surface area contributed by atoms with E-state index >= 15 is 0 Å². The van der Waals surface area contributed by atoms with Crippen LogP contribution >= 0.6 is 0 Å². The van der Waals surface area contributed by atoms with Crippen molar-refractivity contribution in [1.82, 2.24) is 14.1 Å². The summed E-state index contributed by atoms with van der Waals surface area (Å²) in [5, 5.41) is 5.41. The van der Waals surface area contributed by atoms with Crippen LogP contribution in [0.4, 0.5) is 5.69 Å². The van der Waals surface area contributed by atoms with Crippen molar-refractivity contribution < 1.29 is 4.79 Å². The van der Waals surface area contributed by atoms with Gasteiger partial charge in [-0.05, 0) is 55.8 Å². The van der Waals surface area contributed by atoms with Crippen LogP contribution in [0, 0.1) is 6.92 Å². The monoisotopic (exact) mass is 408 g/mol. The molecule has 0 saturated heterocycles. The zero-order chi connectivity index (χ0) is 21.4. The van der Waals surface area contributed by atoms with Gasteiger partial charge in [-0.15, -0.1) is 0 Å².